The first-order valence-corrected chi connectivity index (χ1v) is 8.39. The molecule has 2 heterocycles. The molecule has 0 aliphatic carbocycles. The number of para-hydroxylation sites is 1. The molecule has 128 valence electrons. The lowest BCUT2D eigenvalue weighted by Crippen LogP contribution is -2.28. The molecule has 0 amide bonds. The number of aliphatic hydroxyl groups excluding tert-OH is 1. The number of fused-ring (bicyclic) bond motifs is 1. The Kier molecular flexibility index (Phi) is 4.11. The summed E-state index contributed by atoms with van der Waals surface area (Å²) in [5.74, 6) is -0.289. The molecule has 0 radical (unpaired) electrons. The van der Waals surface area contributed by atoms with Gasteiger partial charge in [0.1, 0.15) is 5.82 Å². The molecule has 1 fully saturated rings. The second-order valence-corrected chi connectivity index (χ2v) is 6.60. The molecule has 1 aliphatic heterocycles. The van der Waals surface area contributed by atoms with Crippen molar-refractivity contribution in [2.45, 2.75) is 25.1 Å². The average molecular weight is 338 g/mol. The highest BCUT2D eigenvalue weighted by atomic mass is 19.1. The molecular formula is C20H19FN2O2. The zero-order chi connectivity index (χ0) is 17.4. The molecule has 2 atom stereocenters. The van der Waals surface area contributed by atoms with Gasteiger partial charge in [-0.3, -0.25) is 9.69 Å². The van der Waals surface area contributed by atoms with Gasteiger partial charge in [-0.1, -0.05) is 30.3 Å². The molecule has 25 heavy (non-hydrogen) atoms. The van der Waals surface area contributed by atoms with Gasteiger partial charge in [0.15, 0.2) is 0 Å². The number of pyridine rings is 1. The summed E-state index contributed by atoms with van der Waals surface area (Å²) in [5.41, 5.74) is 2.15. The highest BCUT2D eigenvalue weighted by molar-refractivity contribution is 5.78. The zero-order valence-electron chi connectivity index (χ0n) is 13.7. The van der Waals surface area contributed by atoms with E-state index in [4.69, 9.17) is 0 Å². The van der Waals surface area contributed by atoms with Crippen molar-refractivity contribution in [3.8, 4) is 0 Å². The largest absolute Gasteiger partial charge is 0.392 e. The highest BCUT2D eigenvalue weighted by Crippen LogP contribution is 2.33. The van der Waals surface area contributed by atoms with E-state index in [1.807, 2.05) is 41.3 Å². The molecule has 5 heteroatoms. The average Bonchev–Trinajstić information content (AvgIpc) is 2.96. The number of aliphatic hydroxyl groups is 1. The minimum atomic E-state index is -0.479. The monoisotopic (exact) mass is 338 g/mol. The number of aromatic amines is 1. The molecule has 0 unspecified atom stereocenters. The summed E-state index contributed by atoms with van der Waals surface area (Å²) < 4.78 is 13.6. The Labute approximate surface area is 144 Å². The SMILES string of the molecule is O=c1[nH]c2ccccc2cc1CN1C[C@@H](O)C[C@H]1c1cccc(F)c1. The van der Waals surface area contributed by atoms with E-state index in [-0.39, 0.29) is 17.4 Å². The summed E-state index contributed by atoms with van der Waals surface area (Å²) >= 11 is 0. The highest BCUT2D eigenvalue weighted by Gasteiger charge is 2.32. The van der Waals surface area contributed by atoms with Crippen molar-refractivity contribution in [1.29, 1.82) is 0 Å². The van der Waals surface area contributed by atoms with Crippen molar-refractivity contribution in [3.63, 3.8) is 0 Å². The van der Waals surface area contributed by atoms with Gasteiger partial charge in [-0.2, -0.15) is 0 Å². The normalized spacial score (nSPS) is 21.0. The third-order valence-electron chi connectivity index (χ3n) is 4.82. The van der Waals surface area contributed by atoms with Crippen LogP contribution in [0.5, 0.6) is 0 Å². The number of rotatable bonds is 3. The van der Waals surface area contributed by atoms with Crippen molar-refractivity contribution >= 4 is 10.9 Å². The summed E-state index contributed by atoms with van der Waals surface area (Å²) in [6.07, 6.45) is 0.0578. The maximum absolute atomic E-state index is 13.6. The summed E-state index contributed by atoms with van der Waals surface area (Å²) in [5, 5.41) is 11.1. The maximum Gasteiger partial charge on any atom is 0.252 e. The summed E-state index contributed by atoms with van der Waals surface area (Å²) in [6.45, 7) is 0.881. The van der Waals surface area contributed by atoms with Crippen molar-refractivity contribution < 1.29 is 9.50 Å². The third-order valence-corrected chi connectivity index (χ3v) is 4.82. The number of likely N-dealkylation sites (tertiary alicyclic amines) is 1. The van der Waals surface area contributed by atoms with Crippen LogP contribution in [0.3, 0.4) is 0 Å². The predicted molar refractivity (Wildman–Crippen MR) is 94.7 cm³/mol. The van der Waals surface area contributed by atoms with Gasteiger partial charge in [-0.05, 0) is 41.6 Å². The van der Waals surface area contributed by atoms with Crippen LogP contribution in [0.4, 0.5) is 4.39 Å². The Bertz CT molecular complexity index is 969. The fraction of sp³-hybridized carbons (Fsp3) is 0.250. The van der Waals surface area contributed by atoms with Crippen LogP contribution in [-0.2, 0) is 6.54 Å². The fourth-order valence-electron chi connectivity index (χ4n) is 3.64. The first-order chi connectivity index (χ1) is 12.1. The van der Waals surface area contributed by atoms with Crippen LogP contribution in [-0.4, -0.2) is 27.6 Å². The van der Waals surface area contributed by atoms with Crippen LogP contribution in [0.2, 0.25) is 0 Å². The van der Waals surface area contributed by atoms with Gasteiger partial charge >= 0.3 is 0 Å². The number of hydrogen-bond donors (Lipinski definition) is 2. The molecular weight excluding hydrogens is 319 g/mol. The van der Waals surface area contributed by atoms with Crippen molar-refractivity contribution in [2.24, 2.45) is 0 Å². The quantitative estimate of drug-likeness (QED) is 0.772. The second kappa shape index (κ2) is 6.43. The van der Waals surface area contributed by atoms with Crippen LogP contribution in [0, 0.1) is 5.82 Å². The fourth-order valence-corrected chi connectivity index (χ4v) is 3.64. The Morgan fingerprint density at radius 1 is 1.16 bits per heavy atom. The number of halogens is 1. The Morgan fingerprint density at radius 3 is 2.84 bits per heavy atom. The summed E-state index contributed by atoms with van der Waals surface area (Å²) in [7, 11) is 0. The van der Waals surface area contributed by atoms with Gasteiger partial charge < -0.3 is 10.1 Å². The van der Waals surface area contributed by atoms with E-state index < -0.39 is 6.10 Å². The number of nitrogens with zero attached hydrogens (tertiary/aromatic N) is 1. The summed E-state index contributed by atoms with van der Waals surface area (Å²) in [6, 6.07) is 15.9. The number of nitrogens with one attached hydrogen (secondary N) is 1. The first-order valence-electron chi connectivity index (χ1n) is 8.39. The Hall–Kier alpha value is -2.50. The smallest absolute Gasteiger partial charge is 0.252 e. The van der Waals surface area contributed by atoms with Gasteiger partial charge in [0.2, 0.25) is 0 Å². The molecule has 3 aromatic rings. The molecule has 2 N–H and O–H groups in total. The number of H-pyrrole nitrogens is 1. The molecule has 0 bridgehead atoms. The predicted octanol–water partition coefficient (Wildman–Crippen LogP) is 2.98. The van der Waals surface area contributed by atoms with E-state index in [0.29, 0.717) is 25.1 Å². The van der Waals surface area contributed by atoms with E-state index in [9.17, 15) is 14.3 Å². The number of aromatic nitrogens is 1. The minimum Gasteiger partial charge on any atom is -0.392 e. The number of benzene rings is 2. The van der Waals surface area contributed by atoms with E-state index in [0.717, 1.165) is 16.5 Å². The van der Waals surface area contributed by atoms with Gasteiger partial charge in [0.25, 0.3) is 5.56 Å². The van der Waals surface area contributed by atoms with Crippen molar-refractivity contribution in [3.05, 3.63) is 81.9 Å². The lowest BCUT2D eigenvalue weighted by molar-refractivity contribution is 0.172. The molecule has 4 rings (SSSR count). The first kappa shape index (κ1) is 16.0. The van der Waals surface area contributed by atoms with Crippen molar-refractivity contribution in [2.75, 3.05) is 6.54 Å². The van der Waals surface area contributed by atoms with E-state index in [2.05, 4.69) is 4.98 Å². The van der Waals surface area contributed by atoms with Crippen LogP contribution < -0.4 is 5.56 Å². The van der Waals surface area contributed by atoms with Gasteiger partial charge in [0.05, 0.1) is 6.10 Å². The molecule has 0 spiro atoms. The molecule has 1 aromatic heterocycles. The number of β-amino-alcohol motifs (C(OH)–C–C–N with tert-alkyl or cyclic N) is 1. The lowest BCUT2D eigenvalue weighted by atomic mass is 10.0. The topological polar surface area (TPSA) is 56.3 Å². The molecule has 0 saturated carbocycles. The molecule has 1 saturated heterocycles. The van der Waals surface area contributed by atoms with E-state index in [1.54, 1.807) is 6.07 Å². The maximum atomic E-state index is 13.6. The van der Waals surface area contributed by atoms with Gasteiger partial charge in [-0.25, -0.2) is 4.39 Å². The molecule has 2 aromatic carbocycles. The number of hydrogen-bond acceptors (Lipinski definition) is 3. The van der Waals surface area contributed by atoms with Crippen LogP contribution >= 0.6 is 0 Å². The lowest BCUT2D eigenvalue weighted by Gasteiger charge is -2.24. The van der Waals surface area contributed by atoms with E-state index in [1.165, 1.54) is 12.1 Å². The summed E-state index contributed by atoms with van der Waals surface area (Å²) in [4.78, 5) is 17.3. The molecule has 4 nitrogen and oxygen atoms in total. The van der Waals surface area contributed by atoms with E-state index >= 15 is 0 Å². The molecule has 1 aliphatic rings. The standard InChI is InChI=1S/C20H19FN2O2/c21-16-6-3-5-14(9-16)19-10-17(24)12-23(19)11-15-8-13-4-1-2-7-18(13)22-20(15)25/h1-9,17,19,24H,10-12H2,(H,22,25)/t17-,19-/m0/s1. The van der Waals surface area contributed by atoms with Crippen molar-refractivity contribution in [1.82, 2.24) is 9.88 Å². The van der Waals surface area contributed by atoms with Gasteiger partial charge in [0, 0.05) is 30.2 Å². The van der Waals surface area contributed by atoms with Crippen LogP contribution in [0.1, 0.15) is 23.6 Å². The van der Waals surface area contributed by atoms with Crippen LogP contribution in [0.25, 0.3) is 10.9 Å². The third kappa shape index (κ3) is 3.21. The Balaban J connectivity index is 1.66. The second-order valence-electron chi connectivity index (χ2n) is 6.60. The Morgan fingerprint density at radius 2 is 2.00 bits per heavy atom. The zero-order valence-corrected chi connectivity index (χ0v) is 13.7. The van der Waals surface area contributed by atoms with Crippen LogP contribution in [0.15, 0.2) is 59.4 Å². The minimum absolute atomic E-state index is 0.100. The van der Waals surface area contributed by atoms with Gasteiger partial charge in [-0.15, -0.1) is 0 Å².